The van der Waals surface area contributed by atoms with Crippen molar-refractivity contribution < 1.29 is 19.1 Å². The summed E-state index contributed by atoms with van der Waals surface area (Å²) in [4.78, 5) is 36.5. The summed E-state index contributed by atoms with van der Waals surface area (Å²) < 4.78 is 5.15. The molecule has 0 saturated heterocycles. The molecule has 2 rings (SSSR count). The molecule has 8 heteroatoms. The molecule has 2 N–H and O–H groups in total. The highest BCUT2D eigenvalue weighted by molar-refractivity contribution is 7.17. The number of esters is 1. The van der Waals surface area contributed by atoms with Crippen molar-refractivity contribution in [3.63, 3.8) is 0 Å². The SMILES string of the molecule is CC(=O)Nc1scc(-c2cccs2)c1C(=O)OCC(=O)NCC(C)C. The Morgan fingerprint density at radius 2 is 2.00 bits per heavy atom. The van der Waals surface area contributed by atoms with Crippen LogP contribution in [0, 0.1) is 5.92 Å². The number of carbonyl (C=O) groups is 3. The van der Waals surface area contributed by atoms with Crippen molar-refractivity contribution in [3.05, 3.63) is 28.5 Å². The first kappa shape index (κ1) is 19.1. The zero-order chi connectivity index (χ0) is 18.4. The third kappa shape index (κ3) is 5.40. The molecule has 0 bridgehead atoms. The molecule has 2 heterocycles. The molecule has 2 aromatic rings. The van der Waals surface area contributed by atoms with Gasteiger partial charge in [-0.2, -0.15) is 0 Å². The number of thiophene rings is 2. The Labute approximate surface area is 154 Å². The molecule has 0 saturated carbocycles. The number of hydrogen-bond acceptors (Lipinski definition) is 6. The Kier molecular flexibility index (Phi) is 6.72. The molecular weight excluding hydrogens is 360 g/mol. The van der Waals surface area contributed by atoms with E-state index in [2.05, 4.69) is 10.6 Å². The van der Waals surface area contributed by atoms with Gasteiger partial charge in [-0.15, -0.1) is 22.7 Å². The summed E-state index contributed by atoms with van der Waals surface area (Å²) >= 11 is 2.74. The summed E-state index contributed by atoms with van der Waals surface area (Å²) in [5, 5.41) is 9.46. The molecule has 0 aliphatic rings. The van der Waals surface area contributed by atoms with Gasteiger partial charge in [0.2, 0.25) is 5.91 Å². The molecule has 2 amide bonds. The van der Waals surface area contributed by atoms with Crippen LogP contribution in [0.1, 0.15) is 31.1 Å². The van der Waals surface area contributed by atoms with Gasteiger partial charge in [0.05, 0.1) is 0 Å². The number of rotatable bonds is 7. The Morgan fingerprint density at radius 1 is 1.24 bits per heavy atom. The molecule has 0 aromatic carbocycles. The molecule has 0 unspecified atom stereocenters. The number of carbonyl (C=O) groups excluding carboxylic acids is 3. The Hall–Kier alpha value is -2.19. The first-order valence-electron chi connectivity index (χ1n) is 7.75. The minimum Gasteiger partial charge on any atom is -0.452 e. The summed E-state index contributed by atoms with van der Waals surface area (Å²) in [7, 11) is 0. The van der Waals surface area contributed by atoms with Crippen molar-refractivity contribution >= 4 is 45.5 Å². The monoisotopic (exact) mass is 380 g/mol. The first-order chi connectivity index (χ1) is 11.9. The van der Waals surface area contributed by atoms with Crippen LogP contribution in [0.25, 0.3) is 10.4 Å². The Bertz CT molecular complexity index is 751. The lowest BCUT2D eigenvalue weighted by molar-refractivity contribution is -0.124. The molecule has 2 aromatic heterocycles. The smallest absolute Gasteiger partial charge is 0.342 e. The van der Waals surface area contributed by atoms with Crippen molar-refractivity contribution in [2.24, 2.45) is 5.92 Å². The topological polar surface area (TPSA) is 84.5 Å². The minimum atomic E-state index is -0.631. The molecule has 0 atom stereocenters. The fourth-order valence-corrected chi connectivity index (χ4v) is 3.82. The average Bonchev–Trinajstić information content (AvgIpc) is 3.19. The van der Waals surface area contributed by atoms with Gasteiger partial charge in [-0.25, -0.2) is 4.79 Å². The first-order valence-corrected chi connectivity index (χ1v) is 9.51. The normalized spacial score (nSPS) is 10.6. The van der Waals surface area contributed by atoms with E-state index >= 15 is 0 Å². The van der Waals surface area contributed by atoms with Crippen molar-refractivity contribution in [2.45, 2.75) is 20.8 Å². The van der Waals surface area contributed by atoms with Gasteiger partial charge in [-0.3, -0.25) is 9.59 Å². The summed E-state index contributed by atoms with van der Waals surface area (Å²) in [5.41, 5.74) is 0.968. The van der Waals surface area contributed by atoms with Gasteiger partial charge >= 0.3 is 5.97 Å². The number of ether oxygens (including phenoxy) is 1. The van der Waals surface area contributed by atoms with E-state index in [1.54, 1.807) is 5.38 Å². The van der Waals surface area contributed by atoms with E-state index in [4.69, 9.17) is 4.74 Å². The van der Waals surface area contributed by atoms with Gasteiger partial charge in [0.1, 0.15) is 10.6 Å². The van der Waals surface area contributed by atoms with Gasteiger partial charge < -0.3 is 15.4 Å². The summed E-state index contributed by atoms with van der Waals surface area (Å²) in [6.45, 7) is 5.49. The van der Waals surface area contributed by atoms with E-state index in [1.165, 1.54) is 29.6 Å². The third-order valence-corrected chi connectivity index (χ3v) is 4.91. The van der Waals surface area contributed by atoms with Crippen LogP contribution in [0.3, 0.4) is 0 Å². The van der Waals surface area contributed by atoms with Crippen molar-refractivity contribution in [1.82, 2.24) is 5.32 Å². The molecule has 25 heavy (non-hydrogen) atoms. The number of hydrogen-bond donors (Lipinski definition) is 2. The summed E-state index contributed by atoms with van der Waals surface area (Å²) in [5.74, 6) is -0.944. The second-order valence-corrected chi connectivity index (χ2v) is 7.61. The van der Waals surface area contributed by atoms with E-state index in [0.29, 0.717) is 23.0 Å². The maximum Gasteiger partial charge on any atom is 0.342 e. The highest BCUT2D eigenvalue weighted by atomic mass is 32.1. The number of nitrogens with one attached hydrogen (secondary N) is 2. The molecular formula is C17H20N2O4S2. The second-order valence-electron chi connectivity index (χ2n) is 5.79. The second kappa shape index (κ2) is 8.77. The standard InChI is InChI=1S/C17H20N2O4S2/c1-10(2)7-18-14(21)8-23-17(22)15-12(13-5-4-6-24-13)9-25-16(15)19-11(3)20/h4-6,9-10H,7-8H2,1-3H3,(H,18,21)(H,19,20). The van der Waals surface area contributed by atoms with Crippen LogP contribution in [0.4, 0.5) is 5.00 Å². The van der Waals surface area contributed by atoms with E-state index in [1.807, 2.05) is 31.4 Å². The highest BCUT2D eigenvalue weighted by Gasteiger charge is 2.23. The molecule has 0 aliphatic heterocycles. The van der Waals surface area contributed by atoms with Gasteiger partial charge in [0.25, 0.3) is 5.91 Å². The fraction of sp³-hybridized carbons (Fsp3) is 0.353. The molecule has 0 aliphatic carbocycles. The zero-order valence-electron chi connectivity index (χ0n) is 14.3. The van der Waals surface area contributed by atoms with Crippen LogP contribution in [-0.2, 0) is 14.3 Å². The quantitative estimate of drug-likeness (QED) is 0.722. The number of anilines is 1. The van der Waals surface area contributed by atoms with Gasteiger partial charge in [-0.05, 0) is 17.4 Å². The van der Waals surface area contributed by atoms with E-state index in [0.717, 1.165) is 4.88 Å². The molecule has 134 valence electrons. The van der Waals surface area contributed by atoms with Crippen LogP contribution in [0.15, 0.2) is 22.9 Å². The lowest BCUT2D eigenvalue weighted by Gasteiger charge is -2.10. The Morgan fingerprint density at radius 3 is 2.60 bits per heavy atom. The average molecular weight is 380 g/mol. The van der Waals surface area contributed by atoms with Crippen LogP contribution >= 0.6 is 22.7 Å². The largest absolute Gasteiger partial charge is 0.452 e. The zero-order valence-corrected chi connectivity index (χ0v) is 15.9. The lowest BCUT2D eigenvalue weighted by atomic mass is 10.1. The van der Waals surface area contributed by atoms with Crippen molar-refractivity contribution in [2.75, 3.05) is 18.5 Å². The van der Waals surface area contributed by atoms with Crippen LogP contribution in [-0.4, -0.2) is 30.9 Å². The maximum absolute atomic E-state index is 12.5. The molecule has 0 radical (unpaired) electrons. The lowest BCUT2D eigenvalue weighted by Crippen LogP contribution is -2.31. The molecule has 0 spiro atoms. The molecule has 0 fully saturated rings. The van der Waals surface area contributed by atoms with Crippen molar-refractivity contribution in [1.29, 1.82) is 0 Å². The van der Waals surface area contributed by atoms with E-state index in [9.17, 15) is 14.4 Å². The van der Waals surface area contributed by atoms with Crippen LogP contribution in [0.2, 0.25) is 0 Å². The predicted molar refractivity (Wildman–Crippen MR) is 100 cm³/mol. The maximum atomic E-state index is 12.5. The fourth-order valence-electron chi connectivity index (χ4n) is 2.00. The highest BCUT2D eigenvalue weighted by Crippen LogP contribution is 2.38. The van der Waals surface area contributed by atoms with Crippen LogP contribution < -0.4 is 10.6 Å². The van der Waals surface area contributed by atoms with E-state index in [-0.39, 0.29) is 24.0 Å². The summed E-state index contributed by atoms with van der Waals surface area (Å²) in [6, 6.07) is 3.76. The predicted octanol–water partition coefficient (Wildman–Crippen LogP) is 3.36. The van der Waals surface area contributed by atoms with Gasteiger partial charge in [-0.1, -0.05) is 19.9 Å². The Balaban J connectivity index is 2.15. The number of amides is 2. The van der Waals surface area contributed by atoms with E-state index < -0.39 is 5.97 Å². The van der Waals surface area contributed by atoms with Gasteiger partial charge in [0.15, 0.2) is 6.61 Å². The van der Waals surface area contributed by atoms with Crippen LogP contribution in [0.5, 0.6) is 0 Å². The summed E-state index contributed by atoms with van der Waals surface area (Å²) in [6.07, 6.45) is 0. The third-order valence-electron chi connectivity index (χ3n) is 3.11. The van der Waals surface area contributed by atoms with Gasteiger partial charge in [0, 0.05) is 29.3 Å². The van der Waals surface area contributed by atoms with Crippen molar-refractivity contribution in [3.8, 4) is 10.4 Å². The molecule has 6 nitrogen and oxygen atoms in total. The minimum absolute atomic E-state index is 0.275.